The van der Waals surface area contributed by atoms with Crippen LogP contribution < -0.4 is 0 Å². The Morgan fingerprint density at radius 2 is 2.00 bits per heavy atom. The number of hydrogen-bond acceptors (Lipinski definition) is 4. The van der Waals surface area contributed by atoms with Crippen LogP contribution in [0.4, 0.5) is 4.79 Å². The molecule has 2 saturated heterocycles. The van der Waals surface area contributed by atoms with E-state index in [1.54, 1.807) is 6.92 Å². The highest BCUT2D eigenvalue weighted by atomic mass is 16.6. The number of Topliss-reactive ketones (excluding diaryl/α,β-unsaturated/α-hetero) is 1. The number of rotatable bonds is 0. The predicted molar refractivity (Wildman–Crippen MR) is 40.8 cm³/mol. The van der Waals surface area contributed by atoms with Crippen molar-refractivity contribution in [2.24, 2.45) is 0 Å². The van der Waals surface area contributed by atoms with E-state index in [0.717, 1.165) is 0 Å². The van der Waals surface area contributed by atoms with Crippen molar-refractivity contribution in [1.82, 2.24) is 4.90 Å². The quantitative estimate of drug-likeness (QED) is 0.394. The number of nitrogens with zero attached hydrogens (tertiary/aromatic N) is 1. The number of amides is 1. The molecule has 1 amide bonds. The molecule has 0 bridgehead atoms. The highest BCUT2D eigenvalue weighted by molar-refractivity contribution is 5.99. The first-order valence-corrected chi connectivity index (χ1v) is 4.15. The second-order valence-corrected chi connectivity index (χ2v) is 3.39. The first kappa shape index (κ1) is 8.22. The zero-order valence-corrected chi connectivity index (χ0v) is 7.15. The molecule has 2 atom stereocenters. The molecule has 70 valence electrons. The van der Waals surface area contributed by atoms with E-state index >= 15 is 0 Å². The number of ether oxygens (including phenoxy) is 1. The Labute approximate surface area is 74.6 Å². The lowest BCUT2D eigenvalue weighted by atomic mass is 10.1. The normalized spacial score (nSPS) is 33.3. The first-order chi connectivity index (χ1) is 6.09. The zero-order chi connectivity index (χ0) is 9.59. The third kappa shape index (κ3) is 1.11. The molecule has 0 aromatic carbocycles. The summed E-state index contributed by atoms with van der Waals surface area (Å²) in [4.78, 5) is 34.7. The van der Waals surface area contributed by atoms with Crippen LogP contribution in [0.2, 0.25) is 0 Å². The minimum Gasteiger partial charge on any atom is -0.376 e. The van der Waals surface area contributed by atoms with Gasteiger partial charge >= 0.3 is 12.1 Å². The van der Waals surface area contributed by atoms with Gasteiger partial charge in [-0.2, -0.15) is 0 Å². The van der Waals surface area contributed by atoms with Gasteiger partial charge in [0.05, 0.1) is 6.42 Å². The molecule has 5 heteroatoms. The Morgan fingerprint density at radius 3 is 2.69 bits per heavy atom. The number of hydrogen-bond donors (Lipinski definition) is 0. The van der Waals surface area contributed by atoms with Crippen molar-refractivity contribution in [2.75, 3.05) is 0 Å². The number of fused-ring (bicyclic) bond motifs is 1. The smallest absolute Gasteiger partial charge is 0.376 e. The van der Waals surface area contributed by atoms with Crippen LogP contribution in [0, 0.1) is 0 Å². The second-order valence-electron chi connectivity index (χ2n) is 3.39. The molecule has 2 heterocycles. The van der Waals surface area contributed by atoms with Crippen molar-refractivity contribution in [2.45, 2.75) is 31.8 Å². The van der Waals surface area contributed by atoms with Crippen molar-refractivity contribution in [3.63, 3.8) is 0 Å². The van der Waals surface area contributed by atoms with Crippen LogP contribution in [-0.4, -0.2) is 34.8 Å². The van der Waals surface area contributed by atoms with Gasteiger partial charge in [-0.05, 0) is 6.92 Å². The molecular weight excluding hydrogens is 174 g/mol. The highest BCUT2D eigenvalue weighted by Crippen LogP contribution is 2.27. The van der Waals surface area contributed by atoms with Crippen LogP contribution in [-0.2, 0) is 14.3 Å². The number of esters is 1. The van der Waals surface area contributed by atoms with E-state index in [4.69, 9.17) is 0 Å². The largest absolute Gasteiger partial charge is 0.418 e. The maximum Gasteiger partial charge on any atom is 0.418 e. The zero-order valence-electron chi connectivity index (χ0n) is 7.15. The summed E-state index contributed by atoms with van der Waals surface area (Å²) in [5.74, 6) is -0.647. The van der Waals surface area contributed by atoms with E-state index in [1.165, 1.54) is 4.90 Å². The Balaban J connectivity index is 2.29. The molecule has 0 aliphatic carbocycles. The number of cyclic esters (lactones) is 2. The van der Waals surface area contributed by atoms with E-state index < -0.39 is 18.1 Å². The van der Waals surface area contributed by atoms with E-state index in [1.807, 2.05) is 0 Å². The fraction of sp³-hybridized carbons (Fsp3) is 0.625. The third-order valence-corrected chi connectivity index (χ3v) is 2.45. The van der Waals surface area contributed by atoms with Crippen LogP contribution in [0.1, 0.15) is 19.8 Å². The summed E-state index contributed by atoms with van der Waals surface area (Å²) in [7, 11) is 0. The molecule has 0 aromatic heterocycles. The van der Waals surface area contributed by atoms with Gasteiger partial charge in [0.25, 0.3) is 0 Å². The molecule has 0 unspecified atom stereocenters. The van der Waals surface area contributed by atoms with Gasteiger partial charge in [0, 0.05) is 12.5 Å². The summed E-state index contributed by atoms with van der Waals surface area (Å²) >= 11 is 0. The lowest BCUT2D eigenvalue weighted by Gasteiger charge is -2.29. The average Bonchev–Trinajstić information content (AvgIpc) is 2.27. The fourth-order valence-electron chi connectivity index (χ4n) is 1.86. The Kier molecular flexibility index (Phi) is 1.61. The van der Waals surface area contributed by atoms with E-state index in [0.29, 0.717) is 6.42 Å². The molecule has 0 spiro atoms. The number of ketones is 1. The van der Waals surface area contributed by atoms with Gasteiger partial charge in [0.2, 0.25) is 0 Å². The molecule has 2 fully saturated rings. The van der Waals surface area contributed by atoms with Gasteiger partial charge in [-0.25, -0.2) is 4.79 Å². The third-order valence-electron chi connectivity index (χ3n) is 2.45. The molecular formula is C8H9NO4. The summed E-state index contributed by atoms with van der Waals surface area (Å²) < 4.78 is 4.41. The van der Waals surface area contributed by atoms with Crippen molar-refractivity contribution in [3.8, 4) is 0 Å². The molecule has 0 N–H and O–H groups in total. The monoisotopic (exact) mass is 183 g/mol. The van der Waals surface area contributed by atoms with Gasteiger partial charge in [-0.1, -0.05) is 0 Å². The first-order valence-electron chi connectivity index (χ1n) is 4.15. The molecule has 2 rings (SSSR count). The van der Waals surface area contributed by atoms with Gasteiger partial charge < -0.3 is 4.74 Å². The minimum atomic E-state index is -0.681. The summed E-state index contributed by atoms with van der Waals surface area (Å²) in [5.41, 5.74) is 0. The Hall–Kier alpha value is -1.39. The highest BCUT2D eigenvalue weighted by Gasteiger charge is 2.46. The lowest BCUT2D eigenvalue weighted by Crippen LogP contribution is -2.48. The maximum absolute atomic E-state index is 11.3. The number of carbonyl (C=O) groups excluding carboxylic acids is 3. The van der Waals surface area contributed by atoms with Crippen LogP contribution in [0.15, 0.2) is 0 Å². The Bertz CT molecular complexity index is 299. The lowest BCUT2D eigenvalue weighted by molar-refractivity contribution is -0.145. The SMILES string of the molecule is C[C@H]1CC(=O)[C@@H]2CC(=O)OC(=O)N12. The molecule has 0 saturated carbocycles. The van der Waals surface area contributed by atoms with Crippen molar-refractivity contribution in [3.05, 3.63) is 0 Å². The molecule has 0 aromatic rings. The fourth-order valence-corrected chi connectivity index (χ4v) is 1.86. The summed E-state index contributed by atoms with van der Waals surface area (Å²) in [6.45, 7) is 1.77. The molecule has 2 aliphatic heterocycles. The topological polar surface area (TPSA) is 63.7 Å². The van der Waals surface area contributed by atoms with Crippen LogP contribution in [0.5, 0.6) is 0 Å². The van der Waals surface area contributed by atoms with Crippen LogP contribution in [0.25, 0.3) is 0 Å². The average molecular weight is 183 g/mol. The van der Waals surface area contributed by atoms with Crippen molar-refractivity contribution in [1.29, 1.82) is 0 Å². The van der Waals surface area contributed by atoms with Gasteiger partial charge in [-0.3, -0.25) is 14.5 Å². The molecule has 0 radical (unpaired) electrons. The summed E-state index contributed by atoms with van der Waals surface area (Å²) in [5, 5.41) is 0. The second kappa shape index (κ2) is 2.55. The Morgan fingerprint density at radius 1 is 1.31 bits per heavy atom. The number of carbonyl (C=O) groups is 3. The van der Waals surface area contributed by atoms with Crippen LogP contribution in [0.3, 0.4) is 0 Å². The minimum absolute atomic E-state index is 0.00884. The van der Waals surface area contributed by atoms with Gasteiger partial charge in [0.1, 0.15) is 6.04 Å². The van der Waals surface area contributed by atoms with Gasteiger partial charge in [0.15, 0.2) is 5.78 Å². The van der Waals surface area contributed by atoms with Crippen molar-refractivity contribution < 1.29 is 19.1 Å². The predicted octanol–water partition coefficient (Wildman–Crippen LogP) is 0.0852. The van der Waals surface area contributed by atoms with E-state index in [-0.39, 0.29) is 18.2 Å². The molecule has 5 nitrogen and oxygen atoms in total. The summed E-state index contributed by atoms with van der Waals surface area (Å²) in [6.07, 6.45) is -0.346. The van der Waals surface area contributed by atoms with Crippen molar-refractivity contribution >= 4 is 17.8 Å². The summed E-state index contributed by atoms with van der Waals surface area (Å²) in [6, 6.07) is -0.707. The standard InChI is InChI=1S/C8H9NO4/c1-4-2-6(10)5-3-7(11)13-8(12)9(4)5/h4-5H,2-3H2,1H3/t4-,5-/m0/s1. The van der Waals surface area contributed by atoms with E-state index in [9.17, 15) is 14.4 Å². The van der Waals surface area contributed by atoms with Gasteiger partial charge in [-0.15, -0.1) is 0 Å². The molecule has 13 heavy (non-hydrogen) atoms. The molecule has 2 aliphatic rings. The van der Waals surface area contributed by atoms with Crippen LogP contribution >= 0.6 is 0 Å². The maximum atomic E-state index is 11.3. The van der Waals surface area contributed by atoms with E-state index in [2.05, 4.69) is 4.74 Å².